The van der Waals surface area contributed by atoms with E-state index in [4.69, 9.17) is 9.47 Å². The lowest BCUT2D eigenvalue weighted by Crippen LogP contribution is -2.12. The molecule has 1 aliphatic carbocycles. The quantitative estimate of drug-likeness (QED) is 0.454. The average Bonchev–Trinajstić information content (AvgIpc) is 3.15. The molecule has 0 heterocycles. The van der Waals surface area contributed by atoms with E-state index in [1.807, 2.05) is 48.5 Å². The van der Waals surface area contributed by atoms with Crippen molar-refractivity contribution in [3.63, 3.8) is 0 Å². The minimum atomic E-state index is 0.277. The zero-order valence-electron chi connectivity index (χ0n) is 14.6. The van der Waals surface area contributed by atoms with Gasteiger partial charge in [0.25, 0.3) is 0 Å². The Morgan fingerprint density at radius 3 is 2.40 bits per heavy atom. The van der Waals surface area contributed by atoms with Crippen LogP contribution in [-0.4, -0.2) is 24.1 Å². The number of ether oxygens (including phenoxy) is 2. The van der Waals surface area contributed by atoms with E-state index in [9.17, 15) is 5.21 Å². The van der Waals surface area contributed by atoms with Gasteiger partial charge in [-0.1, -0.05) is 41.6 Å². The molecule has 0 saturated heterocycles. The van der Waals surface area contributed by atoms with Gasteiger partial charge in [-0.3, -0.25) is 0 Å². The Hall–Kier alpha value is -2.49. The summed E-state index contributed by atoms with van der Waals surface area (Å²) in [7, 11) is 1.66. The van der Waals surface area contributed by atoms with Crippen LogP contribution in [0.15, 0.2) is 53.7 Å². The van der Waals surface area contributed by atoms with Gasteiger partial charge in [0.15, 0.2) is 11.5 Å². The van der Waals surface area contributed by atoms with Crippen molar-refractivity contribution < 1.29 is 14.7 Å². The van der Waals surface area contributed by atoms with Crippen molar-refractivity contribution >= 4 is 5.71 Å². The highest BCUT2D eigenvalue weighted by Gasteiger charge is 2.19. The smallest absolute Gasteiger partial charge is 0.161 e. The fourth-order valence-electron chi connectivity index (χ4n) is 3.31. The van der Waals surface area contributed by atoms with Crippen molar-refractivity contribution in [2.75, 3.05) is 7.11 Å². The minimum Gasteiger partial charge on any atom is -0.493 e. The number of methoxy groups -OCH3 is 1. The molecule has 0 spiro atoms. The van der Waals surface area contributed by atoms with Crippen molar-refractivity contribution in [1.82, 2.24) is 0 Å². The molecule has 3 rings (SSSR count). The Morgan fingerprint density at radius 2 is 1.72 bits per heavy atom. The summed E-state index contributed by atoms with van der Waals surface area (Å²) in [5.74, 6) is 1.53. The molecule has 4 nitrogen and oxygen atoms in total. The number of nitrogens with zero attached hydrogens (tertiary/aromatic N) is 1. The Labute approximate surface area is 149 Å². The zero-order valence-corrected chi connectivity index (χ0v) is 14.6. The molecule has 0 aliphatic heterocycles. The third kappa shape index (κ3) is 4.75. The molecular formula is C21H25NO3. The molecule has 2 aromatic carbocycles. The molecule has 0 unspecified atom stereocenters. The number of hydrogen-bond acceptors (Lipinski definition) is 4. The standard InChI is InChI=1S/C21H25NO3/c1-24-20-12-11-17(15-21(20)25-19-9-5-6-10-19)14-18(22-23)13-16-7-3-2-4-8-16/h2-4,7-8,11-12,15,19,23H,5-6,9-10,13-14H2,1H3. The van der Waals surface area contributed by atoms with Gasteiger partial charge >= 0.3 is 0 Å². The van der Waals surface area contributed by atoms with E-state index in [-0.39, 0.29) is 6.10 Å². The van der Waals surface area contributed by atoms with Gasteiger partial charge in [0, 0.05) is 12.8 Å². The van der Waals surface area contributed by atoms with E-state index in [1.54, 1.807) is 7.11 Å². The van der Waals surface area contributed by atoms with E-state index in [2.05, 4.69) is 5.16 Å². The van der Waals surface area contributed by atoms with Crippen LogP contribution in [0, 0.1) is 0 Å². The van der Waals surface area contributed by atoms with E-state index >= 15 is 0 Å². The van der Waals surface area contributed by atoms with Crippen LogP contribution in [0.25, 0.3) is 0 Å². The lowest BCUT2D eigenvalue weighted by molar-refractivity contribution is 0.200. The highest BCUT2D eigenvalue weighted by molar-refractivity contribution is 5.88. The number of hydrogen-bond donors (Lipinski definition) is 1. The van der Waals surface area contributed by atoms with Crippen LogP contribution in [0.3, 0.4) is 0 Å². The first-order valence-corrected chi connectivity index (χ1v) is 8.86. The first-order chi connectivity index (χ1) is 12.3. The summed E-state index contributed by atoms with van der Waals surface area (Å²) in [5.41, 5.74) is 2.91. The van der Waals surface area contributed by atoms with Crippen molar-refractivity contribution in [3.05, 3.63) is 59.7 Å². The van der Waals surface area contributed by atoms with E-state index in [0.29, 0.717) is 12.8 Å². The Bertz CT molecular complexity index is 706. The highest BCUT2D eigenvalue weighted by atomic mass is 16.5. The molecule has 0 radical (unpaired) electrons. The van der Waals surface area contributed by atoms with Gasteiger partial charge in [0.1, 0.15) is 0 Å². The third-order valence-corrected chi connectivity index (χ3v) is 4.62. The largest absolute Gasteiger partial charge is 0.493 e. The third-order valence-electron chi connectivity index (χ3n) is 4.62. The highest BCUT2D eigenvalue weighted by Crippen LogP contribution is 2.32. The number of benzene rings is 2. The summed E-state index contributed by atoms with van der Waals surface area (Å²) < 4.78 is 11.6. The van der Waals surface area contributed by atoms with Crippen LogP contribution in [-0.2, 0) is 12.8 Å². The van der Waals surface area contributed by atoms with Crippen LogP contribution in [0.4, 0.5) is 0 Å². The molecule has 0 bridgehead atoms. The molecule has 1 aliphatic rings. The predicted octanol–water partition coefficient (Wildman–Crippen LogP) is 4.63. The molecule has 0 atom stereocenters. The Kier molecular flexibility index (Phi) is 5.94. The second-order valence-corrected chi connectivity index (χ2v) is 6.51. The number of oxime groups is 1. The molecule has 132 valence electrons. The number of rotatable bonds is 7. The fraction of sp³-hybridized carbons (Fsp3) is 0.381. The summed E-state index contributed by atoms with van der Waals surface area (Å²) in [6.07, 6.45) is 6.14. The van der Waals surface area contributed by atoms with Crippen molar-refractivity contribution in [1.29, 1.82) is 0 Å². The Morgan fingerprint density at radius 1 is 1.00 bits per heavy atom. The van der Waals surface area contributed by atoms with Crippen LogP contribution >= 0.6 is 0 Å². The zero-order chi connectivity index (χ0) is 17.5. The van der Waals surface area contributed by atoms with E-state index in [0.717, 1.165) is 41.2 Å². The van der Waals surface area contributed by atoms with Gasteiger partial charge in [0.05, 0.1) is 18.9 Å². The molecule has 1 N–H and O–H groups in total. The maximum absolute atomic E-state index is 9.38. The van der Waals surface area contributed by atoms with Crippen molar-refractivity contribution in [3.8, 4) is 11.5 Å². The van der Waals surface area contributed by atoms with Crippen molar-refractivity contribution in [2.24, 2.45) is 5.16 Å². The summed E-state index contributed by atoms with van der Waals surface area (Å²) in [6.45, 7) is 0. The van der Waals surface area contributed by atoms with E-state index in [1.165, 1.54) is 12.8 Å². The molecular weight excluding hydrogens is 314 g/mol. The van der Waals surface area contributed by atoms with Crippen LogP contribution in [0.2, 0.25) is 0 Å². The summed E-state index contributed by atoms with van der Waals surface area (Å²) in [4.78, 5) is 0. The first kappa shape index (κ1) is 17.3. The average molecular weight is 339 g/mol. The van der Waals surface area contributed by atoms with Gasteiger partial charge in [-0.25, -0.2) is 0 Å². The van der Waals surface area contributed by atoms with Gasteiger partial charge in [-0.2, -0.15) is 0 Å². The fourth-order valence-corrected chi connectivity index (χ4v) is 3.31. The molecule has 1 saturated carbocycles. The van der Waals surface area contributed by atoms with Crippen LogP contribution in [0.1, 0.15) is 36.8 Å². The van der Waals surface area contributed by atoms with Gasteiger partial charge in [-0.05, 0) is 48.9 Å². The molecule has 25 heavy (non-hydrogen) atoms. The molecule has 0 aromatic heterocycles. The van der Waals surface area contributed by atoms with Gasteiger partial charge < -0.3 is 14.7 Å². The first-order valence-electron chi connectivity index (χ1n) is 8.86. The van der Waals surface area contributed by atoms with E-state index < -0.39 is 0 Å². The van der Waals surface area contributed by atoms with Gasteiger partial charge in [0.2, 0.25) is 0 Å². The second kappa shape index (κ2) is 8.56. The summed E-state index contributed by atoms with van der Waals surface area (Å²) in [6, 6.07) is 16.0. The molecule has 4 heteroatoms. The van der Waals surface area contributed by atoms with Crippen molar-refractivity contribution in [2.45, 2.75) is 44.6 Å². The normalized spacial score (nSPS) is 15.3. The van der Waals surface area contributed by atoms with Crippen LogP contribution < -0.4 is 9.47 Å². The SMILES string of the molecule is COc1ccc(CC(Cc2ccccc2)=NO)cc1OC1CCCC1. The monoisotopic (exact) mass is 339 g/mol. The summed E-state index contributed by atoms with van der Waals surface area (Å²) in [5, 5.41) is 12.9. The lowest BCUT2D eigenvalue weighted by atomic mass is 10.0. The van der Waals surface area contributed by atoms with Gasteiger partial charge in [-0.15, -0.1) is 0 Å². The second-order valence-electron chi connectivity index (χ2n) is 6.51. The maximum atomic E-state index is 9.38. The van der Waals surface area contributed by atoms with Crippen LogP contribution in [0.5, 0.6) is 11.5 Å². The summed E-state index contributed by atoms with van der Waals surface area (Å²) >= 11 is 0. The maximum Gasteiger partial charge on any atom is 0.161 e. The lowest BCUT2D eigenvalue weighted by Gasteiger charge is -2.17. The minimum absolute atomic E-state index is 0.277. The molecule has 2 aromatic rings. The predicted molar refractivity (Wildman–Crippen MR) is 98.9 cm³/mol. The topological polar surface area (TPSA) is 51.0 Å². The molecule has 1 fully saturated rings. The Balaban J connectivity index is 1.72. The molecule has 0 amide bonds.